The predicted molar refractivity (Wildman–Crippen MR) is 112 cm³/mol. The molecule has 1 aliphatic heterocycles. The van der Waals surface area contributed by atoms with E-state index in [4.69, 9.17) is 4.74 Å². The molecular weight excluding hydrogens is 393 g/mol. The highest BCUT2D eigenvalue weighted by Crippen LogP contribution is 2.16. The summed E-state index contributed by atoms with van der Waals surface area (Å²) in [6.07, 6.45) is 0.601. The minimum Gasteiger partial charge on any atom is -0.489 e. The minimum absolute atomic E-state index is 0.101. The Morgan fingerprint density at radius 2 is 2.00 bits per heavy atom. The Morgan fingerprint density at radius 1 is 1.21 bits per heavy atom. The third kappa shape index (κ3) is 6.74. The van der Waals surface area contributed by atoms with Gasteiger partial charge in [-0.3, -0.25) is 0 Å². The monoisotopic (exact) mass is 419 g/mol. The minimum atomic E-state index is -2.94. The fourth-order valence-corrected chi connectivity index (χ4v) is 4.75. The summed E-state index contributed by atoms with van der Waals surface area (Å²) >= 11 is 0. The number of guanidine groups is 1. The number of hydrogen-bond acceptors (Lipinski definition) is 4. The molecule has 0 bridgehead atoms. The summed E-state index contributed by atoms with van der Waals surface area (Å²) in [5.41, 5.74) is 1.77. The molecule has 3 rings (SSSR count). The summed E-state index contributed by atoms with van der Waals surface area (Å²) < 4.78 is 42.1. The molecule has 1 saturated heterocycles. The van der Waals surface area contributed by atoms with Crippen molar-refractivity contribution in [2.45, 2.75) is 32.5 Å². The molecule has 0 amide bonds. The van der Waals surface area contributed by atoms with Crippen LogP contribution in [0.2, 0.25) is 0 Å². The van der Waals surface area contributed by atoms with E-state index in [2.05, 4.69) is 15.6 Å². The number of nitrogens with one attached hydrogen (secondary N) is 2. The number of benzene rings is 2. The highest BCUT2D eigenvalue weighted by molar-refractivity contribution is 7.91. The number of nitrogens with zero attached hydrogens (tertiary/aromatic N) is 1. The molecule has 0 aliphatic carbocycles. The van der Waals surface area contributed by atoms with Gasteiger partial charge >= 0.3 is 0 Å². The number of aliphatic imine (C=N–C) groups is 1. The summed E-state index contributed by atoms with van der Waals surface area (Å²) in [6, 6.07) is 13.8. The smallest absolute Gasteiger partial charge is 0.191 e. The van der Waals surface area contributed by atoms with Gasteiger partial charge in [-0.1, -0.05) is 24.3 Å². The number of sulfone groups is 1. The fraction of sp³-hybridized carbons (Fsp3) is 0.381. The molecule has 29 heavy (non-hydrogen) atoms. The molecule has 8 heteroatoms. The van der Waals surface area contributed by atoms with Gasteiger partial charge in [-0.2, -0.15) is 0 Å². The van der Waals surface area contributed by atoms with Crippen LogP contribution < -0.4 is 15.4 Å². The Hall–Kier alpha value is -2.61. The molecule has 0 spiro atoms. The van der Waals surface area contributed by atoms with E-state index in [-0.39, 0.29) is 23.4 Å². The molecule has 1 aliphatic rings. The molecule has 6 nitrogen and oxygen atoms in total. The van der Waals surface area contributed by atoms with E-state index < -0.39 is 9.84 Å². The number of ether oxygens (including phenoxy) is 1. The topological polar surface area (TPSA) is 79.8 Å². The van der Waals surface area contributed by atoms with Crippen LogP contribution in [-0.2, 0) is 23.0 Å². The van der Waals surface area contributed by atoms with Gasteiger partial charge in [0.1, 0.15) is 18.2 Å². The molecule has 0 aromatic heterocycles. The van der Waals surface area contributed by atoms with Gasteiger partial charge in [-0.15, -0.1) is 0 Å². The summed E-state index contributed by atoms with van der Waals surface area (Å²) in [5, 5.41) is 6.35. The van der Waals surface area contributed by atoms with Crippen molar-refractivity contribution in [3.05, 3.63) is 65.5 Å². The maximum atomic E-state index is 13.2. The Bertz CT molecular complexity index is 946. The maximum Gasteiger partial charge on any atom is 0.191 e. The second-order valence-electron chi connectivity index (χ2n) is 7.00. The van der Waals surface area contributed by atoms with Gasteiger partial charge in [0, 0.05) is 12.6 Å². The van der Waals surface area contributed by atoms with Crippen LogP contribution in [0.15, 0.2) is 53.5 Å². The summed E-state index contributed by atoms with van der Waals surface area (Å²) in [7, 11) is -2.94. The molecule has 1 heterocycles. The average Bonchev–Trinajstić information content (AvgIpc) is 3.04. The van der Waals surface area contributed by atoms with Gasteiger partial charge in [-0.25, -0.2) is 17.8 Å². The van der Waals surface area contributed by atoms with Crippen molar-refractivity contribution >= 4 is 15.8 Å². The molecule has 1 fully saturated rings. The lowest BCUT2D eigenvalue weighted by atomic mass is 10.2. The van der Waals surface area contributed by atoms with Crippen LogP contribution in [0.25, 0.3) is 0 Å². The first kappa shape index (κ1) is 21.1. The normalized spacial score (nSPS) is 18.4. The molecule has 0 radical (unpaired) electrons. The van der Waals surface area contributed by atoms with Crippen LogP contribution in [0, 0.1) is 5.82 Å². The first-order chi connectivity index (χ1) is 13.9. The lowest BCUT2D eigenvalue weighted by Crippen LogP contribution is -2.44. The van der Waals surface area contributed by atoms with E-state index in [0.717, 1.165) is 11.1 Å². The molecule has 2 N–H and O–H groups in total. The zero-order valence-corrected chi connectivity index (χ0v) is 17.2. The maximum absolute atomic E-state index is 13.2. The van der Waals surface area contributed by atoms with Crippen LogP contribution >= 0.6 is 0 Å². The highest BCUT2D eigenvalue weighted by atomic mass is 32.2. The Labute approximate surface area is 171 Å². The van der Waals surface area contributed by atoms with Crippen molar-refractivity contribution in [3.63, 3.8) is 0 Å². The van der Waals surface area contributed by atoms with E-state index >= 15 is 0 Å². The Kier molecular flexibility index (Phi) is 7.09. The second kappa shape index (κ2) is 9.73. The van der Waals surface area contributed by atoms with Crippen LogP contribution in [0.3, 0.4) is 0 Å². The Morgan fingerprint density at radius 3 is 2.66 bits per heavy atom. The van der Waals surface area contributed by atoms with Gasteiger partial charge in [0.2, 0.25) is 0 Å². The van der Waals surface area contributed by atoms with E-state index in [1.54, 1.807) is 6.07 Å². The van der Waals surface area contributed by atoms with Gasteiger partial charge in [-0.05, 0) is 48.7 Å². The number of halogens is 1. The van der Waals surface area contributed by atoms with Crippen LogP contribution in [0.1, 0.15) is 24.5 Å². The van der Waals surface area contributed by atoms with Crippen LogP contribution in [0.5, 0.6) is 5.75 Å². The molecule has 0 saturated carbocycles. The quantitative estimate of drug-likeness (QED) is 0.533. The molecule has 1 atom stereocenters. The lowest BCUT2D eigenvalue weighted by molar-refractivity contribution is 0.305. The van der Waals surface area contributed by atoms with Crippen molar-refractivity contribution in [2.24, 2.45) is 4.99 Å². The van der Waals surface area contributed by atoms with Crippen LogP contribution in [-0.4, -0.2) is 38.5 Å². The molecular formula is C21H26FN3O3S. The van der Waals surface area contributed by atoms with E-state index in [1.807, 2.05) is 37.3 Å². The van der Waals surface area contributed by atoms with E-state index in [1.165, 1.54) is 12.1 Å². The molecule has 1 unspecified atom stereocenters. The fourth-order valence-electron chi connectivity index (χ4n) is 3.08. The predicted octanol–water partition coefficient (Wildman–Crippen LogP) is 2.65. The first-order valence-corrected chi connectivity index (χ1v) is 11.5. The van der Waals surface area contributed by atoms with Crippen LogP contribution in [0.4, 0.5) is 4.39 Å². The third-order valence-electron chi connectivity index (χ3n) is 4.56. The SMILES string of the molecule is CCNC(=NCc1ccc(OCc2cccc(F)c2)cc1)NC1CCS(=O)(=O)C1. The zero-order valence-electron chi connectivity index (χ0n) is 16.4. The Balaban J connectivity index is 1.54. The largest absolute Gasteiger partial charge is 0.489 e. The lowest BCUT2D eigenvalue weighted by Gasteiger charge is -2.15. The van der Waals surface area contributed by atoms with Crippen molar-refractivity contribution < 1.29 is 17.5 Å². The van der Waals surface area contributed by atoms with Gasteiger partial charge in [0.25, 0.3) is 0 Å². The first-order valence-electron chi connectivity index (χ1n) is 9.65. The summed E-state index contributed by atoms with van der Waals surface area (Å²) in [5.74, 6) is 1.40. The molecule has 156 valence electrons. The summed E-state index contributed by atoms with van der Waals surface area (Å²) in [4.78, 5) is 4.55. The summed E-state index contributed by atoms with van der Waals surface area (Å²) in [6.45, 7) is 3.42. The number of rotatable bonds is 7. The third-order valence-corrected chi connectivity index (χ3v) is 6.32. The highest BCUT2D eigenvalue weighted by Gasteiger charge is 2.28. The van der Waals surface area contributed by atoms with Gasteiger partial charge in [0.05, 0.1) is 18.1 Å². The standard InChI is InChI=1S/C21H26FN3O3S/c1-2-23-21(25-19-10-11-29(26,27)15-19)24-13-16-6-8-20(9-7-16)28-14-17-4-3-5-18(22)12-17/h3-9,12,19H,2,10-11,13-15H2,1H3,(H2,23,24,25). The molecule has 2 aromatic rings. The second-order valence-corrected chi connectivity index (χ2v) is 9.23. The van der Waals surface area contributed by atoms with Crippen molar-refractivity contribution in [1.82, 2.24) is 10.6 Å². The average molecular weight is 420 g/mol. The van der Waals surface area contributed by atoms with Gasteiger partial charge in [0.15, 0.2) is 15.8 Å². The van der Waals surface area contributed by atoms with E-state index in [0.29, 0.717) is 37.8 Å². The van der Waals surface area contributed by atoms with Crippen molar-refractivity contribution in [2.75, 3.05) is 18.1 Å². The van der Waals surface area contributed by atoms with Crippen molar-refractivity contribution in [1.29, 1.82) is 0 Å². The molecule has 2 aromatic carbocycles. The van der Waals surface area contributed by atoms with Crippen molar-refractivity contribution in [3.8, 4) is 5.75 Å². The van der Waals surface area contributed by atoms with Gasteiger partial charge < -0.3 is 15.4 Å². The van der Waals surface area contributed by atoms with E-state index in [9.17, 15) is 12.8 Å². The zero-order chi connectivity index (χ0) is 20.7. The number of hydrogen-bond donors (Lipinski definition) is 2.